The van der Waals surface area contributed by atoms with Crippen molar-refractivity contribution in [3.63, 3.8) is 0 Å². The fourth-order valence-electron chi connectivity index (χ4n) is 4.91. The van der Waals surface area contributed by atoms with E-state index >= 15 is 0 Å². The lowest BCUT2D eigenvalue weighted by molar-refractivity contribution is -0.119. The molecular formula is C28H28N6O2S. The molecule has 1 amide bonds. The Balaban J connectivity index is 1.57. The van der Waals surface area contributed by atoms with E-state index in [4.69, 9.17) is 17.0 Å². The molecule has 4 aromatic rings. The molecule has 4 heterocycles. The van der Waals surface area contributed by atoms with Crippen molar-refractivity contribution >= 4 is 34.6 Å². The summed E-state index contributed by atoms with van der Waals surface area (Å²) in [6.45, 7) is 4.20. The fourth-order valence-corrected chi connectivity index (χ4v) is 5.25. The minimum absolute atomic E-state index is 0.00159. The molecule has 1 saturated heterocycles. The van der Waals surface area contributed by atoms with Crippen LogP contribution in [0, 0.1) is 13.8 Å². The Hall–Kier alpha value is -4.08. The molecule has 0 radical (unpaired) electrons. The van der Waals surface area contributed by atoms with Gasteiger partial charge in [0.25, 0.3) is 0 Å². The van der Waals surface area contributed by atoms with Gasteiger partial charge in [-0.3, -0.25) is 9.78 Å². The van der Waals surface area contributed by atoms with Crippen molar-refractivity contribution in [3.05, 3.63) is 102 Å². The Bertz CT molecular complexity index is 1410. The van der Waals surface area contributed by atoms with Gasteiger partial charge in [-0.2, -0.15) is 0 Å². The van der Waals surface area contributed by atoms with E-state index in [-0.39, 0.29) is 24.6 Å². The van der Waals surface area contributed by atoms with Gasteiger partial charge in [-0.15, -0.1) is 0 Å². The SMILES string of the molecule is COCC(=O)Nc1ccc(N2C(=S)N[C@H](c3ccccn3)[C@H]2c2cc(C)n(-c3ccccn3)c2C)cc1. The molecule has 3 aromatic heterocycles. The molecule has 0 saturated carbocycles. The van der Waals surface area contributed by atoms with Crippen LogP contribution < -0.4 is 15.5 Å². The highest BCUT2D eigenvalue weighted by Gasteiger charge is 2.42. The standard InChI is InChI=1S/C28H28N6O2S/c1-18-16-22(19(2)33(18)24-9-5-7-15-30-24)27-26(23-8-4-6-14-29-23)32-28(37)34(27)21-12-10-20(11-13-21)31-25(35)17-36-3/h4-16,26-27H,17H2,1-3H3,(H,31,35)(H,32,37)/t26-,27-/m1/s1. The predicted molar refractivity (Wildman–Crippen MR) is 148 cm³/mol. The Morgan fingerprint density at radius 2 is 1.78 bits per heavy atom. The second-order valence-corrected chi connectivity index (χ2v) is 9.26. The summed E-state index contributed by atoms with van der Waals surface area (Å²) in [6, 6.07) is 21.4. The van der Waals surface area contributed by atoms with Crippen LogP contribution in [0.25, 0.3) is 5.82 Å². The number of anilines is 2. The number of hydrogen-bond donors (Lipinski definition) is 2. The van der Waals surface area contributed by atoms with E-state index in [0.29, 0.717) is 10.8 Å². The first-order chi connectivity index (χ1) is 18.0. The van der Waals surface area contributed by atoms with E-state index in [9.17, 15) is 4.79 Å². The maximum atomic E-state index is 11.9. The molecule has 9 heteroatoms. The van der Waals surface area contributed by atoms with Crippen molar-refractivity contribution < 1.29 is 9.53 Å². The number of ether oxygens (including phenoxy) is 1. The van der Waals surface area contributed by atoms with Crippen molar-refractivity contribution in [3.8, 4) is 5.82 Å². The molecule has 2 atom stereocenters. The number of nitrogens with one attached hydrogen (secondary N) is 2. The van der Waals surface area contributed by atoms with Gasteiger partial charge in [-0.05, 0) is 86.2 Å². The molecule has 1 aliphatic rings. The first-order valence-corrected chi connectivity index (χ1v) is 12.4. The summed E-state index contributed by atoms with van der Waals surface area (Å²) >= 11 is 5.87. The number of rotatable bonds is 7. The smallest absolute Gasteiger partial charge is 0.250 e. The van der Waals surface area contributed by atoms with E-state index in [0.717, 1.165) is 34.2 Å². The van der Waals surface area contributed by atoms with Crippen LogP contribution in [0.5, 0.6) is 0 Å². The maximum absolute atomic E-state index is 11.9. The van der Waals surface area contributed by atoms with Crippen LogP contribution in [0.3, 0.4) is 0 Å². The lowest BCUT2D eigenvalue weighted by atomic mass is 9.96. The minimum atomic E-state index is -0.205. The Labute approximate surface area is 221 Å². The summed E-state index contributed by atoms with van der Waals surface area (Å²) in [6.07, 6.45) is 3.60. The molecule has 0 bridgehead atoms. The molecule has 0 spiro atoms. The molecule has 1 aromatic carbocycles. The highest BCUT2D eigenvalue weighted by Crippen LogP contribution is 2.43. The fraction of sp³-hybridized carbons (Fsp3) is 0.214. The summed E-state index contributed by atoms with van der Waals surface area (Å²) in [4.78, 5) is 23.3. The van der Waals surface area contributed by atoms with Crippen molar-refractivity contribution in [1.29, 1.82) is 0 Å². The summed E-state index contributed by atoms with van der Waals surface area (Å²) in [5.74, 6) is 0.665. The predicted octanol–water partition coefficient (Wildman–Crippen LogP) is 4.65. The van der Waals surface area contributed by atoms with E-state index in [2.05, 4.69) is 50.0 Å². The van der Waals surface area contributed by atoms with Gasteiger partial charge in [-0.1, -0.05) is 12.1 Å². The third kappa shape index (κ3) is 4.83. The normalized spacial score (nSPS) is 17.1. The number of aryl methyl sites for hydroxylation is 1. The number of methoxy groups -OCH3 is 1. The van der Waals surface area contributed by atoms with Gasteiger partial charge in [0.05, 0.1) is 17.8 Å². The van der Waals surface area contributed by atoms with Gasteiger partial charge in [0.2, 0.25) is 5.91 Å². The third-order valence-corrected chi connectivity index (χ3v) is 6.78. The van der Waals surface area contributed by atoms with Crippen LogP contribution in [0.2, 0.25) is 0 Å². The van der Waals surface area contributed by atoms with Crippen molar-refractivity contribution in [1.82, 2.24) is 19.9 Å². The highest BCUT2D eigenvalue weighted by atomic mass is 32.1. The van der Waals surface area contributed by atoms with E-state index in [1.165, 1.54) is 7.11 Å². The zero-order chi connectivity index (χ0) is 25.9. The summed E-state index contributed by atoms with van der Waals surface area (Å²) in [5.41, 5.74) is 5.80. The molecule has 188 valence electrons. The van der Waals surface area contributed by atoms with Crippen LogP contribution >= 0.6 is 12.2 Å². The van der Waals surface area contributed by atoms with Crippen LogP contribution in [-0.4, -0.2) is 39.3 Å². The van der Waals surface area contributed by atoms with Crippen LogP contribution in [0.15, 0.2) is 79.1 Å². The van der Waals surface area contributed by atoms with Crippen molar-refractivity contribution in [2.24, 2.45) is 0 Å². The molecule has 5 rings (SSSR count). The Kier molecular flexibility index (Phi) is 6.98. The zero-order valence-corrected chi connectivity index (χ0v) is 21.7. The number of nitrogens with zero attached hydrogens (tertiary/aromatic N) is 4. The van der Waals surface area contributed by atoms with Crippen molar-refractivity contribution in [2.75, 3.05) is 23.9 Å². The van der Waals surface area contributed by atoms with Gasteiger partial charge in [0, 0.05) is 42.3 Å². The molecule has 1 aliphatic heterocycles. The largest absolute Gasteiger partial charge is 0.375 e. The average molecular weight is 513 g/mol. The molecule has 2 N–H and O–H groups in total. The number of hydrogen-bond acceptors (Lipinski definition) is 5. The molecule has 37 heavy (non-hydrogen) atoms. The first kappa shape index (κ1) is 24.6. The van der Waals surface area contributed by atoms with Crippen LogP contribution in [0.4, 0.5) is 11.4 Å². The summed E-state index contributed by atoms with van der Waals surface area (Å²) < 4.78 is 7.07. The van der Waals surface area contributed by atoms with Crippen molar-refractivity contribution in [2.45, 2.75) is 25.9 Å². The van der Waals surface area contributed by atoms with Crippen LogP contribution in [-0.2, 0) is 9.53 Å². The lowest BCUT2D eigenvalue weighted by Crippen LogP contribution is -2.29. The quantitative estimate of drug-likeness (QED) is 0.349. The van der Waals surface area contributed by atoms with Gasteiger partial charge in [0.15, 0.2) is 5.11 Å². The lowest BCUT2D eigenvalue weighted by Gasteiger charge is -2.28. The topological polar surface area (TPSA) is 84.3 Å². The van der Waals surface area contributed by atoms with E-state index in [1.807, 2.05) is 60.7 Å². The molecule has 8 nitrogen and oxygen atoms in total. The molecule has 0 aliphatic carbocycles. The Morgan fingerprint density at radius 1 is 1.05 bits per heavy atom. The van der Waals surface area contributed by atoms with Gasteiger partial charge in [0.1, 0.15) is 12.4 Å². The number of pyridine rings is 2. The van der Waals surface area contributed by atoms with Gasteiger partial charge in [-0.25, -0.2) is 4.98 Å². The van der Waals surface area contributed by atoms with Crippen LogP contribution in [0.1, 0.15) is 34.7 Å². The van der Waals surface area contributed by atoms with Gasteiger partial charge < -0.3 is 24.8 Å². The number of benzene rings is 1. The maximum Gasteiger partial charge on any atom is 0.250 e. The van der Waals surface area contributed by atoms with E-state index < -0.39 is 0 Å². The molecule has 1 fully saturated rings. The average Bonchev–Trinajstić information content (AvgIpc) is 3.40. The minimum Gasteiger partial charge on any atom is -0.375 e. The summed E-state index contributed by atoms with van der Waals surface area (Å²) in [7, 11) is 1.49. The number of thiocarbonyl (C=S) groups is 1. The zero-order valence-electron chi connectivity index (χ0n) is 20.9. The summed E-state index contributed by atoms with van der Waals surface area (Å²) in [5, 5.41) is 6.96. The monoisotopic (exact) mass is 512 g/mol. The Morgan fingerprint density at radius 3 is 2.43 bits per heavy atom. The second-order valence-electron chi connectivity index (χ2n) is 8.87. The number of carbonyl (C=O) groups is 1. The van der Waals surface area contributed by atoms with E-state index in [1.54, 1.807) is 12.4 Å². The number of carbonyl (C=O) groups excluding carboxylic acids is 1. The first-order valence-electron chi connectivity index (χ1n) is 12.0. The highest BCUT2D eigenvalue weighted by molar-refractivity contribution is 7.80. The van der Waals surface area contributed by atoms with Gasteiger partial charge >= 0.3 is 0 Å². The molecular weight excluding hydrogens is 484 g/mol. The number of aromatic nitrogens is 3. The number of amides is 1. The molecule has 0 unspecified atom stereocenters. The second kappa shape index (κ2) is 10.5. The third-order valence-electron chi connectivity index (χ3n) is 6.47.